The maximum absolute atomic E-state index is 12.5. The molecule has 7 nitrogen and oxygen atoms in total. The Labute approximate surface area is 110 Å². The van der Waals surface area contributed by atoms with Gasteiger partial charge in [-0.3, -0.25) is 9.89 Å². The fourth-order valence-corrected chi connectivity index (χ4v) is 2.24. The highest BCUT2D eigenvalue weighted by molar-refractivity contribution is 5.94. The molecule has 1 amide bonds. The van der Waals surface area contributed by atoms with Gasteiger partial charge in [-0.1, -0.05) is 0 Å². The normalized spacial score (nSPS) is 19.6. The van der Waals surface area contributed by atoms with Gasteiger partial charge in [0.2, 0.25) is 0 Å². The molecule has 1 atom stereocenters. The van der Waals surface area contributed by atoms with Crippen molar-refractivity contribution in [2.75, 3.05) is 19.8 Å². The van der Waals surface area contributed by atoms with Crippen LogP contribution in [0.4, 0.5) is 0 Å². The molecule has 1 fully saturated rings. The zero-order chi connectivity index (χ0) is 13.2. The van der Waals surface area contributed by atoms with Gasteiger partial charge in [-0.15, -0.1) is 0 Å². The number of morpholine rings is 1. The molecule has 7 heteroatoms. The van der Waals surface area contributed by atoms with Gasteiger partial charge in [-0.05, 0) is 6.07 Å². The SMILES string of the molecule is Cn1ccc(C(=O)N2CCOCC2c2ncn[nH]2)c1. The van der Waals surface area contributed by atoms with Crippen LogP contribution < -0.4 is 0 Å². The van der Waals surface area contributed by atoms with Gasteiger partial charge in [-0.25, -0.2) is 4.98 Å². The highest BCUT2D eigenvalue weighted by atomic mass is 16.5. The van der Waals surface area contributed by atoms with E-state index in [-0.39, 0.29) is 11.9 Å². The van der Waals surface area contributed by atoms with E-state index in [0.29, 0.717) is 31.1 Å². The van der Waals surface area contributed by atoms with Crippen LogP contribution in [0.2, 0.25) is 0 Å². The van der Waals surface area contributed by atoms with Gasteiger partial charge in [-0.2, -0.15) is 5.10 Å². The Morgan fingerprint density at radius 2 is 2.47 bits per heavy atom. The van der Waals surface area contributed by atoms with Crippen LogP contribution in [-0.2, 0) is 11.8 Å². The summed E-state index contributed by atoms with van der Waals surface area (Å²) in [6, 6.07) is 1.61. The molecule has 3 rings (SSSR count). The summed E-state index contributed by atoms with van der Waals surface area (Å²) in [7, 11) is 1.89. The molecule has 1 aliphatic heterocycles. The van der Waals surface area contributed by atoms with E-state index < -0.39 is 0 Å². The summed E-state index contributed by atoms with van der Waals surface area (Å²) in [4.78, 5) is 18.4. The summed E-state index contributed by atoms with van der Waals surface area (Å²) in [6.45, 7) is 1.54. The number of H-pyrrole nitrogens is 1. The number of carbonyl (C=O) groups is 1. The van der Waals surface area contributed by atoms with E-state index in [9.17, 15) is 4.79 Å². The van der Waals surface area contributed by atoms with Crippen molar-refractivity contribution in [2.45, 2.75) is 6.04 Å². The second-order valence-corrected chi connectivity index (χ2v) is 4.53. The fraction of sp³-hybridized carbons (Fsp3) is 0.417. The third kappa shape index (κ3) is 2.24. The van der Waals surface area contributed by atoms with Gasteiger partial charge in [0.05, 0.1) is 18.8 Å². The van der Waals surface area contributed by atoms with Gasteiger partial charge in [0.15, 0.2) is 0 Å². The van der Waals surface area contributed by atoms with Crippen molar-refractivity contribution in [1.82, 2.24) is 24.6 Å². The summed E-state index contributed by atoms with van der Waals surface area (Å²) in [5.41, 5.74) is 0.675. The average molecular weight is 261 g/mol. The molecule has 0 saturated carbocycles. The molecule has 1 saturated heterocycles. The van der Waals surface area contributed by atoms with Gasteiger partial charge in [0.25, 0.3) is 5.91 Å². The summed E-state index contributed by atoms with van der Waals surface area (Å²) < 4.78 is 7.30. The lowest BCUT2D eigenvalue weighted by atomic mass is 10.2. The Morgan fingerprint density at radius 1 is 1.58 bits per heavy atom. The lowest BCUT2D eigenvalue weighted by Crippen LogP contribution is -2.43. The summed E-state index contributed by atoms with van der Waals surface area (Å²) in [5, 5.41) is 6.64. The van der Waals surface area contributed by atoms with Gasteiger partial charge in [0, 0.05) is 26.0 Å². The Balaban J connectivity index is 1.86. The minimum atomic E-state index is -0.205. The van der Waals surface area contributed by atoms with Crippen molar-refractivity contribution in [2.24, 2.45) is 7.05 Å². The topological polar surface area (TPSA) is 76.0 Å². The number of ether oxygens (including phenoxy) is 1. The second kappa shape index (κ2) is 4.85. The molecule has 2 aromatic rings. The van der Waals surface area contributed by atoms with Crippen molar-refractivity contribution >= 4 is 5.91 Å². The zero-order valence-electron chi connectivity index (χ0n) is 10.6. The molecule has 1 unspecified atom stereocenters. The number of aryl methyl sites for hydroxylation is 1. The molecule has 3 heterocycles. The van der Waals surface area contributed by atoms with E-state index in [1.54, 1.807) is 4.90 Å². The van der Waals surface area contributed by atoms with Gasteiger partial charge >= 0.3 is 0 Å². The van der Waals surface area contributed by atoms with Crippen LogP contribution in [0.25, 0.3) is 0 Å². The molecule has 100 valence electrons. The van der Waals surface area contributed by atoms with Crippen LogP contribution in [-0.4, -0.2) is 50.3 Å². The molecule has 0 bridgehead atoms. The Morgan fingerprint density at radius 3 is 3.16 bits per heavy atom. The first-order valence-electron chi connectivity index (χ1n) is 6.11. The van der Waals surface area contributed by atoms with E-state index in [1.807, 2.05) is 30.1 Å². The molecule has 2 aromatic heterocycles. The molecule has 0 spiro atoms. The van der Waals surface area contributed by atoms with Gasteiger partial charge in [0.1, 0.15) is 18.2 Å². The van der Waals surface area contributed by atoms with Crippen LogP contribution >= 0.6 is 0 Å². The first-order valence-corrected chi connectivity index (χ1v) is 6.11. The molecular formula is C12H15N5O2. The number of carbonyl (C=O) groups excluding carboxylic acids is 1. The lowest BCUT2D eigenvalue weighted by Gasteiger charge is -2.34. The smallest absolute Gasteiger partial charge is 0.256 e. The predicted octanol–water partition coefficient (Wildman–Crippen LogP) is 0.357. The lowest BCUT2D eigenvalue weighted by molar-refractivity contribution is -0.00511. The maximum Gasteiger partial charge on any atom is 0.256 e. The van der Waals surface area contributed by atoms with E-state index in [2.05, 4.69) is 15.2 Å². The zero-order valence-corrected chi connectivity index (χ0v) is 10.6. The van der Waals surface area contributed by atoms with E-state index in [1.165, 1.54) is 6.33 Å². The number of nitrogens with one attached hydrogen (secondary N) is 1. The van der Waals surface area contributed by atoms with Crippen molar-refractivity contribution in [3.8, 4) is 0 Å². The number of amides is 1. The maximum atomic E-state index is 12.5. The third-order valence-electron chi connectivity index (χ3n) is 3.22. The van der Waals surface area contributed by atoms with E-state index >= 15 is 0 Å². The van der Waals surface area contributed by atoms with Crippen LogP contribution in [0, 0.1) is 0 Å². The number of rotatable bonds is 2. The Hall–Kier alpha value is -2.15. The molecule has 19 heavy (non-hydrogen) atoms. The Kier molecular flexibility index (Phi) is 3.04. The molecule has 0 aliphatic carbocycles. The largest absolute Gasteiger partial charge is 0.377 e. The van der Waals surface area contributed by atoms with Crippen LogP contribution in [0.5, 0.6) is 0 Å². The van der Waals surface area contributed by atoms with Crippen LogP contribution in [0.1, 0.15) is 22.2 Å². The van der Waals surface area contributed by atoms with Crippen molar-refractivity contribution in [3.05, 3.63) is 36.2 Å². The predicted molar refractivity (Wildman–Crippen MR) is 66.4 cm³/mol. The third-order valence-corrected chi connectivity index (χ3v) is 3.22. The monoisotopic (exact) mass is 261 g/mol. The van der Waals surface area contributed by atoms with Gasteiger partial charge < -0.3 is 14.2 Å². The molecular weight excluding hydrogens is 246 g/mol. The standard InChI is InChI=1S/C12H15N5O2/c1-16-3-2-9(6-16)12(18)17-4-5-19-7-10(17)11-13-8-14-15-11/h2-3,6,8,10H,4-5,7H2,1H3,(H,13,14,15). The van der Waals surface area contributed by atoms with Crippen molar-refractivity contribution in [1.29, 1.82) is 0 Å². The number of aromatic amines is 1. The van der Waals surface area contributed by atoms with Crippen molar-refractivity contribution in [3.63, 3.8) is 0 Å². The molecule has 0 aromatic carbocycles. The Bertz CT molecular complexity index is 562. The van der Waals surface area contributed by atoms with Crippen molar-refractivity contribution < 1.29 is 9.53 Å². The second-order valence-electron chi connectivity index (χ2n) is 4.53. The summed E-state index contributed by atoms with van der Waals surface area (Å²) in [6.07, 6.45) is 5.11. The number of hydrogen-bond acceptors (Lipinski definition) is 4. The first kappa shape index (κ1) is 11.9. The fourth-order valence-electron chi connectivity index (χ4n) is 2.24. The molecule has 0 radical (unpaired) electrons. The van der Waals surface area contributed by atoms with E-state index in [4.69, 9.17) is 4.74 Å². The number of nitrogens with zero attached hydrogens (tertiary/aromatic N) is 4. The number of aromatic nitrogens is 4. The highest BCUT2D eigenvalue weighted by Gasteiger charge is 2.31. The minimum absolute atomic E-state index is 0.00898. The van der Waals surface area contributed by atoms with Crippen LogP contribution in [0.3, 0.4) is 0 Å². The first-order chi connectivity index (χ1) is 9.25. The minimum Gasteiger partial charge on any atom is -0.377 e. The highest BCUT2D eigenvalue weighted by Crippen LogP contribution is 2.23. The summed E-state index contributed by atoms with van der Waals surface area (Å²) >= 11 is 0. The molecule has 1 N–H and O–H groups in total. The number of hydrogen-bond donors (Lipinski definition) is 1. The van der Waals surface area contributed by atoms with E-state index in [0.717, 1.165) is 0 Å². The summed E-state index contributed by atoms with van der Waals surface area (Å²) in [5.74, 6) is 0.647. The van der Waals surface area contributed by atoms with Crippen LogP contribution in [0.15, 0.2) is 24.8 Å². The average Bonchev–Trinajstić information content (AvgIpc) is 3.09. The molecule has 1 aliphatic rings. The quantitative estimate of drug-likeness (QED) is 0.846.